The van der Waals surface area contributed by atoms with Gasteiger partial charge in [0.25, 0.3) is 5.56 Å². The van der Waals surface area contributed by atoms with Crippen molar-refractivity contribution in [2.24, 2.45) is 0 Å². The maximum atomic E-state index is 11.2. The zero-order valence-electron chi connectivity index (χ0n) is 6.05. The normalized spacial score (nSPS) is 20.8. The summed E-state index contributed by atoms with van der Waals surface area (Å²) in [7, 11) is -1.23. The molecule has 1 atom stereocenters. The van der Waals surface area contributed by atoms with Gasteiger partial charge in [-0.2, -0.15) is 0 Å². The minimum Gasteiger partial charge on any atom is -0.310 e. The van der Waals surface area contributed by atoms with Crippen molar-refractivity contribution < 1.29 is 4.21 Å². The number of aryl methyl sites for hydroxylation is 1. The van der Waals surface area contributed by atoms with Crippen LogP contribution in [0.5, 0.6) is 0 Å². The Morgan fingerprint density at radius 3 is 2.75 bits per heavy atom. The summed E-state index contributed by atoms with van der Waals surface area (Å²) >= 11 is 0. The van der Waals surface area contributed by atoms with E-state index in [2.05, 4.69) is 4.98 Å². The van der Waals surface area contributed by atoms with Gasteiger partial charge in [0, 0.05) is 17.9 Å². The van der Waals surface area contributed by atoms with Crippen LogP contribution >= 0.6 is 0 Å². The fourth-order valence-corrected chi connectivity index (χ4v) is 2.52. The molecule has 2 rings (SSSR count). The molecule has 2 heterocycles. The molecular formula is C6H6N2O3S. The largest absolute Gasteiger partial charge is 0.325 e. The first kappa shape index (κ1) is 7.48. The summed E-state index contributed by atoms with van der Waals surface area (Å²) in [6.07, 6.45) is 0.515. The number of nitrogens with one attached hydrogen (secondary N) is 2. The summed E-state index contributed by atoms with van der Waals surface area (Å²) < 4.78 is 11.2. The van der Waals surface area contributed by atoms with Crippen molar-refractivity contribution in [1.29, 1.82) is 0 Å². The first-order valence-electron chi connectivity index (χ1n) is 3.42. The quantitative estimate of drug-likeness (QED) is 0.529. The summed E-state index contributed by atoms with van der Waals surface area (Å²) in [6, 6.07) is 0. The highest BCUT2D eigenvalue weighted by Gasteiger charge is 2.22. The minimum atomic E-state index is -1.23. The molecule has 0 fully saturated rings. The molecule has 0 radical (unpaired) electrons. The van der Waals surface area contributed by atoms with E-state index in [-0.39, 0.29) is 4.90 Å². The molecule has 0 amide bonds. The van der Waals surface area contributed by atoms with Crippen molar-refractivity contribution in [2.75, 3.05) is 5.75 Å². The molecule has 0 aromatic carbocycles. The Labute approximate surface area is 69.3 Å². The third kappa shape index (κ3) is 0.953. The molecule has 2 N–H and O–H groups in total. The number of rotatable bonds is 0. The van der Waals surface area contributed by atoms with Gasteiger partial charge in [-0.3, -0.25) is 14.0 Å². The molecule has 0 aliphatic carbocycles. The zero-order chi connectivity index (χ0) is 8.72. The number of aromatic nitrogens is 2. The Morgan fingerprint density at radius 2 is 2.00 bits per heavy atom. The van der Waals surface area contributed by atoms with Gasteiger partial charge in [0.2, 0.25) is 0 Å². The minimum absolute atomic E-state index is 0.231. The maximum absolute atomic E-state index is 11.2. The van der Waals surface area contributed by atoms with E-state index < -0.39 is 22.0 Å². The third-order valence-electron chi connectivity index (χ3n) is 1.74. The Bertz CT molecular complexity index is 459. The van der Waals surface area contributed by atoms with E-state index in [0.717, 1.165) is 0 Å². The van der Waals surface area contributed by atoms with Crippen LogP contribution in [0.2, 0.25) is 0 Å². The molecule has 6 heteroatoms. The summed E-state index contributed by atoms with van der Waals surface area (Å²) in [5, 5.41) is 0. The Balaban J connectivity index is 2.85. The van der Waals surface area contributed by atoms with Crippen LogP contribution in [-0.4, -0.2) is 19.9 Å². The van der Waals surface area contributed by atoms with Crippen molar-refractivity contribution >= 4 is 10.8 Å². The molecule has 1 aliphatic heterocycles. The average Bonchev–Trinajstić information content (AvgIpc) is 2.31. The van der Waals surface area contributed by atoms with Crippen LogP contribution < -0.4 is 11.2 Å². The van der Waals surface area contributed by atoms with Crippen molar-refractivity contribution in [3.8, 4) is 0 Å². The second-order valence-corrected chi connectivity index (χ2v) is 4.02. The SMILES string of the molecule is O=c1[nH]c2c(c(=O)[nH]1)[S@](=O)CC2. The van der Waals surface area contributed by atoms with Gasteiger partial charge >= 0.3 is 5.69 Å². The lowest BCUT2D eigenvalue weighted by Crippen LogP contribution is -2.25. The highest BCUT2D eigenvalue weighted by molar-refractivity contribution is 7.85. The standard InChI is InChI=1S/C6H6N2O3S/c9-5-4-3(1-2-12(4)11)7-6(10)8-5/h1-2H2,(H2,7,8,9,10)/t12-/m1/s1. The lowest BCUT2D eigenvalue weighted by Gasteiger charge is -1.92. The van der Waals surface area contributed by atoms with Crippen LogP contribution in [0.15, 0.2) is 14.5 Å². The lowest BCUT2D eigenvalue weighted by molar-refractivity contribution is 0.684. The van der Waals surface area contributed by atoms with Crippen LogP contribution in [0.25, 0.3) is 0 Å². The van der Waals surface area contributed by atoms with Crippen molar-refractivity contribution in [2.45, 2.75) is 11.3 Å². The van der Waals surface area contributed by atoms with Gasteiger partial charge in [-0.1, -0.05) is 0 Å². The van der Waals surface area contributed by atoms with Crippen LogP contribution in [0.4, 0.5) is 0 Å². The first-order chi connectivity index (χ1) is 5.68. The van der Waals surface area contributed by atoms with E-state index >= 15 is 0 Å². The van der Waals surface area contributed by atoms with E-state index in [9.17, 15) is 13.8 Å². The maximum Gasteiger partial charge on any atom is 0.325 e. The Morgan fingerprint density at radius 1 is 1.25 bits per heavy atom. The van der Waals surface area contributed by atoms with Gasteiger partial charge in [-0.15, -0.1) is 0 Å². The van der Waals surface area contributed by atoms with E-state index in [1.54, 1.807) is 0 Å². The summed E-state index contributed by atoms with van der Waals surface area (Å²) in [5.41, 5.74) is -0.538. The molecule has 12 heavy (non-hydrogen) atoms. The molecule has 0 spiro atoms. The van der Waals surface area contributed by atoms with Crippen LogP contribution in [0, 0.1) is 0 Å². The lowest BCUT2D eigenvalue weighted by atomic mass is 10.3. The van der Waals surface area contributed by atoms with Crippen molar-refractivity contribution in [3.05, 3.63) is 26.5 Å². The summed E-state index contributed by atoms with van der Waals surface area (Å²) in [5.74, 6) is 0.429. The number of H-pyrrole nitrogens is 2. The Kier molecular flexibility index (Phi) is 1.50. The van der Waals surface area contributed by atoms with Crippen LogP contribution in [-0.2, 0) is 17.2 Å². The first-order valence-corrected chi connectivity index (χ1v) is 4.74. The summed E-state index contributed by atoms with van der Waals surface area (Å²) in [6.45, 7) is 0. The van der Waals surface area contributed by atoms with Gasteiger partial charge in [0.1, 0.15) is 4.90 Å². The van der Waals surface area contributed by atoms with Crippen molar-refractivity contribution in [1.82, 2.24) is 9.97 Å². The molecule has 64 valence electrons. The van der Waals surface area contributed by atoms with Gasteiger partial charge in [-0.05, 0) is 0 Å². The predicted molar refractivity (Wildman–Crippen MR) is 42.7 cm³/mol. The van der Waals surface area contributed by atoms with Crippen molar-refractivity contribution in [3.63, 3.8) is 0 Å². The zero-order valence-corrected chi connectivity index (χ0v) is 6.86. The van der Waals surface area contributed by atoms with E-state index in [0.29, 0.717) is 17.9 Å². The Hall–Kier alpha value is -1.17. The highest BCUT2D eigenvalue weighted by atomic mass is 32.2. The number of hydrogen-bond donors (Lipinski definition) is 2. The molecule has 0 saturated heterocycles. The molecule has 5 nitrogen and oxygen atoms in total. The third-order valence-corrected chi connectivity index (χ3v) is 3.20. The predicted octanol–water partition coefficient (Wildman–Crippen LogP) is -1.27. The molecule has 1 aromatic rings. The smallest absolute Gasteiger partial charge is 0.310 e. The topological polar surface area (TPSA) is 82.8 Å². The van der Waals surface area contributed by atoms with Gasteiger partial charge in [0.05, 0.1) is 10.8 Å². The monoisotopic (exact) mass is 186 g/mol. The molecule has 1 aromatic heterocycles. The molecule has 1 aliphatic rings. The van der Waals surface area contributed by atoms with Gasteiger partial charge in [0.15, 0.2) is 0 Å². The summed E-state index contributed by atoms with van der Waals surface area (Å²) in [4.78, 5) is 26.5. The van der Waals surface area contributed by atoms with E-state index in [1.165, 1.54) is 0 Å². The number of aromatic amines is 2. The van der Waals surface area contributed by atoms with Crippen LogP contribution in [0.1, 0.15) is 5.69 Å². The molecular weight excluding hydrogens is 180 g/mol. The number of fused-ring (bicyclic) bond motifs is 1. The second-order valence-electron chi connectivity index (χ2n) is 2.52. The average molecular weight is 186 g/mol. The molecule has 0 saturated carbocycles. The van der Waals surface area contributed by atoms with Gasteiger partial charge < -0.3 is 4.98 Å². The number of hydrogen-bond acceptors (Lipinski definition) is 3. The fraction of sp³-hybridized carbons (Fsp3) is 0.333. The second kappa shape index (κ2) is 2.41. The van der Waals surface area contributed by atoms with E-state index in [4.69, 9.17) is 0 Å². The molecule has 0 bridgehead atoms. The van der Waals surface area contributed by atoms with E-state index in [1.807, 2.05) is 4.98 Å². The van der Waals surface area contributed by atoms with Gasteiger partial charge in [-0.25, -0.2) is 4.79 Å². The van der Waals surface area contributed by atoms with Crippen LogP contribution in [0.3, 0.4) is 0 Å². The highest BCUT2D eigenvalue weighted by Crippen LogP contribution is 2.13. The molecule has 0 unspecified atom stereocenters. The fourth-order valence-electron chi connectivity index (χ4n) is 1.24.